The van der Waals surface area contributed by atoms with Crippen molar-refractivity contribution in [3.8, 4) is 0 Å². The summed E-state index contributed by atoms with van der Waals surface area (Å²) >= 11 is 0. The number of nitrogens with two attached hydrogens (primary N) is 1. The maximum absolute atomic E-state index is 12.1. The minimum absolute atomic E-state index is 0. The van der Waals surface area contributed by atoms with Gasteiger partial charge in [-0.05, 0) is 50.0 Å². The first-order valence-corrected chi connectivity index (χ1v) is 6.97. The zero-order chi connectivity index (χ0) is 14.0. The monoisotopic (exact) mass is 300 g/mol. The van der Waals surface area contributed by atoms with Gasteiger partial charge in [0.1, 0.15) is 0 Å². The van der Waals surface area contributed by atoms with E-state index in [4.69, 9.17) is 5.73 Å². The first-order valence-electron chi connectivity index (χ1n) is 5.53. The first kappa shape index (κ1) is 16.9. The van der Waals surface area contributed by atoms with Gasteiger partial charge in [-0.2, -0.15) is 0 Å². The summed E-state index contributed by atoms with van der Waals surface area (Å²) in [6.07, 6.45) is 0. The summed E-state index contributed by atoms with van der Waals surface area (Å²) in [5.41, 5.74) is 6.67. The fraction of sp³-hybridized carbons (Fsp3) is 0.167. The molecular formula is C12H13N4NaO2S. The third-order valence-corrected chi connectivity index (χ3v) is 3.64. The van der Waals surface area contributed by atoms with Gasteiger partial charge in [-0.25, -0.2) is 8.42 Å². The molecule has 0 radical (unpaired) electrons. The largest absolute Gasteiger partial charge is 1.00 e. The van der Waals surface area contributed by atoms with Gasteiger partial charge in [-0.3, -0.25) is 4.98 Å². The van der Waals surface area contributed by atoms with Crippen LogP contribution in [-0.4, -0.2) is 18.4 Å². The van der Waals surface area contributed by atoms with Crippen LogP contribution in [-0.2, 0) is 10.0 Å². The van der Waals surface area contributed by atoms with Crippen molar-refractivity contribution in [3.63, 3.8) is 0 Å². The Morgan fingerprint density at radius 1 is 1.10 bits per heavy atom. The van der Waals surface area contributed by atoms with Crippen LogP contribution in [0.3, 0.4) is 0 Å². The number of anilines is 1. The van der Waals surface area contributed by atoms with Crippen LogP contribution in [0, 0.1) is 13.8 Å². The van der Waals surface area contributed by atoms with Crippen molar-refractivity contribution in [1.82, 2.24) is 9.97 Å². The number of aromatic nitrogens is 2. The standard InChI is InChI=1S/C12H13N4O2S.Na/c1-8-7-12(15-9(2)14-8)16-19(17,18)11-5-3-10(13)4-6-11;/h3-7H,13H2,1-2H3;/q-1;+1. The molecule has 100 valence electrons. The van der Waals surface area contributed by atoms with Crippen LogP contribution < -0.4 is 35.3 Å². The van der Waals surface area contributed by atoms with Crippen LogP contribution >= 0.6 is 0 Å². The van der Waals surface area contributed by atoms with Crippen molar-refractivity contribution in [2.75, 3.05) is 5.73 Å². The summed E-state index contributed by atoms with van der Waals surface area (Å²) in [6, 6.07) is 7.36. The number of sulfonamides is 1. The molecule has 0 amide bonds. The fourth-order valence-electron chi connectivity index (χ4n) is 1.56. The number of nitrogens with zero attached hydrogens (tertiary/aromatic N) is 3. The van der Waals surface area contributed by atoms with Gasteiger partial charge in [-0.1, -0.05) is 0 Å². The van der Waals surface area contributed by atoms with Crippen molar-refractivity contribution < 1.29 is 38.0 Å². The van der Waals surface area contributed by atoms with Crippen molar-refractivity contribution in [2.24, 2.45) is 0 Å². The van der Waals surface area contributed by atoms with E-state index in [1.54, 1.807) is 13.8 Å². The van der Waals surface area contributed by atoms with Crippen molar-refractivity contribution in [3.05, 3.63) is 46.6 Å². The molecule has 0 atom stereocenters. The van der Waals surface area contributed by atoms with Gasteiger partial charge < -0.3 is 15.4 Å². The van der Waals surface area contributed by atoms with Crippen LogP contribution in [0.15, 0.2) is 35.2 Å². The summed E-state index contributed by atoms with van der Waals surface area (Å²) in [7, 11) is -3.78. The summed E-state index contributed by atoms with van der Waals surface area (Å²) in [4.78, 5) is 8.13. The smallest absolute Gasteiger partial charge is 0.423 e. The van der Waals surface area contributed by atoms with Crippen LogP contribution in [0.4, 0.5) is 11.5 Å². The van der Waals surface area contributed by atoms with E-state index in [1.165, 1.54) is 30.3 Å². The second kappa shape index (κ2) is 6.53. The normalized spacial score (nSPS) is 10.7. The number of hydrogen-bond acceptors (Lipinski definition) is 5. The van der Waals surface area contributed by atoms with Gasteiger partial charge in [-0.15, -0.1) is 0 Å². The number of aryl methyl sites for hydroxylation is 2. The van der Waals surface area contributed by atoms with Crippen LogP contribution in [0.25, 0.3) is 4.72 Å². The molecule has 0 aliphatic rings. The Balaban J connectivity index is 0.00000200. The third kappa shape index (κ3) is 4.17. The molecule has 0 saturated heterocycles. The van der Waals surface area contributed by atoms with Crippen molar-refractivity contribution in [2.45, 2.75) is 18.7 Å². The van der Waals surface area contributed by atoms with Crippen LogP contribution in [0.1, 0.15) is 11.5 Å². The molecule has 0 aliphatic heterocycles. The topological polar surface area (TPSA) is 100 Å². The first-order chi connectivity index (χ1) is 8.87. The van der Waals surface area contributed by atoms with Gasteiger partial charge in [0.25, 0.3) is 0 Å². The molecular weight excluding hydrogens is 287 g/mol. The molecule has 2 N–H and O–H groups in total. The molecule has 2 aromatic rings. The molecule has 2 rings (SSSR count). The fourth-order valence-corrected chi connectivity index (χ4v) is 2.49. The van der Waals surface area contributed by atoms with E-state index in [2.05, 4.69) is 14.7 Å². The Kier molecular flexibility index (Phi) is 5.52. The Morgan fingerprint density at radius 2 is 1.70 bits per heavy atom. The average molecular weight is 300 g/mol. The van der Waals surface area contributed by atoms with E-state index in [0.717, 1.165) is 0 Å². The Morgan fingerprint density at radius 3 is 2.25 bits per heavy atom. The summed E-state index contributed by atoms with van der Waals surface area (Å²) in [5.74, 6) is 0.605. The Labute approximate surface area is 140 Å². The number of rotatable bonds is 3. The van der Waals surface area contributed by atoms with E-state index >= 15 is 0 Å². The molecule has 0 saturated carbocycles. The van der Waals surface area contributed by atoms with E-state index in [-0.39, 0.29) is 40.3 Å². The molecule has 1 heterocycles. The van der Waals surface area contributed by atoms with Gasteiger partial charge in [0.2, 0.25) is 10.0 Å². The second-order valence-corrected chi connectivity index (χ2v) is 5.65. The molecule has 20 heavy (non-hydrogen) atoms. The van der Waals surface area contributed by atoms with E-state index in [1.807, 2.05) is 0 Å². The Hall–Kier alpha value is -1.15. The molecule has 8 heteroatoms. The van der Waals surface area contributed by atoms with Gasteiger partial charge in [0, 0.05) is 17.2 Å². The van der Waals surface area contributed by atoms with Crippen molar-refractivity contribution in [1.29, 1.82) is 0 Å². The predicted molar refractivity (Wildman–Crippen MR) is 72.6 cm³/mol. The predicted octanol–water partition coefficient (Wildman–Crippen LogP) is -0.926. The summed E-state index contributed by atoms with van der Waals surface area (Å²) in [5, 5.41) is 0. The molecule has 1 aromatic carbocycles. The average Bonchev–Trinajstić information content (AvgIpc) is 2.27. The van der Waals surface area contributed by atoms with Crippen LogP contribution in [0.2, 0.25) is 0 Å². The zero-order valence-corrected chi connectivity index (χ0v) is 14.3. The van der Waals surface area contributed by atoms with Gasteiger partial charge in [0.05, 0.1) is 4.90 Å². The number of benzene rings is 1. The SMILES string of the molecule is Cc1cc([N-]S(=O)(=O)c2ccc(N)cc2)nc(C)n1.[Na+]. The van der Waals surface area contributed by atoms with E-state index < -0.39 is 10.0 Å². The second-order valence-electron chi connectivity index (χ2n) is 4.05. The molecule has 6 nitrogen and oxygen atoms in total. The summed E-state index contributed by atoms with van der Waals surface area (Å²) < 4.78 is 27.8. The maximum Gasteiger partial charge on any atom is 1.00 e. The minimum Gasteiger partial charge on any atom is -0.423 e. The van der Waals surface area contributed by atoms with Crippen molar-refractivity contribution >= 4 is 21.5 Å². The minimum atomic E-state index is -3.78. The van der Waals surface area contributed by atoms with Crippen LogP contribution in [0.5, 0.6) is 0 Å². The zero-order valence-electron chi connectivity index (χ0n) is 11.5. The molecule has 0 bridgehead atoms. The summed E-state index contributed by atoms with van der Waals surface area (Å²) in [6.45, 7) is 3.44. The number of nitrogen functional groups attached to an aromatic ring is 1. The van der Waals surface area contributed by atoms with Gasteiger partial charge in [0.15, 0.2) is 0 Å². The Bertz CT molecular complexity index is 682. The molecule has 0 unspecified atom stereocenters. The molecule has 1 aromatic heterocycles. The maximum atomic E-state index is 12.1. The molecule has 0 aliphatic carbocycles. The van der Waals surface area contributed by atoms with E-state index in [0.29, 0.717) is 17.2 Å². The van der Waals surface area contributed by atoms with Gasteiger partial charge >= 0.3 is 29.6 Å². The molecule has 0 spiro atoms. The quantitative estimate of drug-likeness (QED) is 0.583. The number of hydrogen-bond donors (Lipinski definition) is 1. The third-order valence-electron chi connectivity index (χ3n) is 2.34. The molecule has 0 fully saturated rings. The van der Waals surface area contributed by atoms with E-state index in [9.17, 15) is 8.42 Å².